The Kier molecular flexibility index (Phi) is 3.11. The Morgan fingerprint density at radius 3 is 2.32 bits per heavy atom. The van der Waals surface area contributed by atoms with E-state index in [2.05, 4.69) is 48.0 Å². The van der Waals surface area contributed by atoms with Crippen LogP contribution >= 0.6 is 0 Å². The Hall–Kier alpha value is -2.41. The number of fused-ring (bicyclic) bond motifs is 1. The van der Waals surface area contributed by atoms with E-state index in [0.717, 1.165) is 17.7 Å². The Bertz CT molecular complexity index is 714. The van der Waals surface area contributed by atoms with E-state index >= 15 is 0 Å². The van der Waals surface area contributed by atoms with Gasteiger partial charge in [0.2, 0.25) is 0 Å². The predicted octanol–water partition coefficient (Wildman–Crippen LogP) is 4.63. The van der Waals surface area contributed by atoms with Crippen molar-refractivity contribution in [1.29, 1.82) is 0 Å². The van der Waals surface area contributed by atoms with Gasteiger partial charge < -0.3 is 0 Å². The summed E-state index contributed by atoms with van der Waals surface area (Å²) in [6, 6.07) is 18.7. The minimum atomic E-state index is 0.850. The van der Waals surface area contributed by atoms with E-state index in [1.807, 2.05) is 30.5 Å². The molecule has 19 heavy (non-hydrogen) atoms. The average Bonchev–Trinajstić information content (AvgIpc) is 2.49. The van der Waals surface area contributed by atoms with Gasteiger partial charge in [-0.3, -0.25) is 4.98 Å². The maximum atomic E-state index is 4.65. The van der Waals surface area contributed by atoms with Gasteiger partial charge >= 0.3 is 0 Å². The third kappa shape index (κ3) is 2.15. The van der Waals surface area contributed by atoms with Crippen LogP contribution in [0.3, 0.4) is 0 Å². The molecular weight excluding hydrogens is 230 g/mol. The Morgan fingerprint density at radius 2 is 1.58 bits per heavy atom. The Labute approximate surface area is 113 Å². The first-order chi connectivity index (χ1) is 9.40. The number of rotatable bonds is 3. The van der Waals surface area contributed by atoms with E-state index < -0.39 is 0 Å². The fraction of sp³-hybridized carbons (Fsp3) is 0.0556. The topological polar surface area (TPSA) is 12.9 Å². The summed E-state index contributed by atoms with van der Waals surface area (Å²) < 4.78 is 0. The van der Waals surface area contributed by atoms with Gasteiger partial charge in [0, 0.05) is 17.1 Å². The molecule has 1 aromatic heterocycles. The molecule has 0 N–H and O–H groups in total. The fourth-order valence-corrected chi connectivity index (χ4v) is 2.40. The molecule has 1 heterocycles. The molecule has 0 bridgehead atoms. The molecule has 3 rings (SSSR count). The van der Waals surface area contributed by atoms with Crippen molar-refractivity contribution < 1.29 is 0 Å². The van der Waals surface area contributed by atoms with Crippen molar-refractivity contribution in [1.82, 2.24) is 4.98 Å². The summed E-state index contributed by atoms with van der Waals surface area (Å²) in [5.74, 6) is 0. The van der Waals surface area contributed by atoms with Gasteiger partial charge in [-0.15, -0.1) is 6.58 Å². The number of nitrogens with zero attached hydrogens (tertiary/aromatic N) is 1. The zero-order chi connectivity index (χ0) is 13.1. The number of hydrogen-bond acceptors (Lipinski definition) is 1. The van der Waals surface area contributed by atoms with Crippen LogP contribution in [0.25, 0.3) is 22.0 Å². The number of aromatic nitrogens is 1. The molecule has 0 aliphatic rings. The normalized spacial score (nSPS) is 10.5. The Balaban J connectivity index is 2.28. The van der Waals surface area contributed by atoms with Crippen molar-refractivity contribution in [3.63, 3.8) is 0 Å². The summed E-state index contributed by atoms with van der Waals surface area (Å²) in [4.78, 5) is 4.65. The minimum Gasteiger partial charge on any atom is -0.255 e. The summed E-state index contributed by atoms with van der Waals surface area (Å²) in [6.07, 6.45) is 4.74. The molecule has 0 fully saturated rings. The molecule has 0 saturated heterocycles. The maximum absolute atomic E-state index is 4.65. The van der Waals surface area contributed by atoms with Crippen molar-refractivity contribution in [3.05, 3.63) is 79.0 Å². The van der Waals surface area contributed by atoms with Gasteiger partial charge in [0.15, 0.2) is 0 Å². The molecule has 1 nitrogen and oxygen atoms in total. The van der Waals surface area contributed by atoms with Gasteiger partial charge in [0.1, 0.15) is 0 Å². The highest BCUT2D eigenvalue weighted by Gasteiger charge is 2.07. The summed E-state index contributed by atoms with van der Waals surface area (Å²) in [5, 5.41) is 2.46. The summed E-state index contributed by atoms with van der Waals surface area (Å²) in [5.41, 5.74) is 3.43. The highest BCUT2D eigenvalue weighted by Crippen LogP contribution is 2.28. The van der Waals surface area contributed by atoms with Crippen LogP contribution in [0.1, 0.15) is 5.56 Å². The van der Waals surface area contributed by atoms with E-state index in [4.69, 9.17) is 0 Å². The first kappa shape index (κ1) is 11.7. The number of hydrogen-bond donors (Lipinski definition) is 0. The highest BCUT2D eigenvalue weighted by atomic mass is 14.7. The second kappa shape index (κ2) is 5.07. The average molecular weight is 245 g/mol. The lowest BCUT2D eigenvalue weighted by atomic mass is 9.99. The van der Waals surface area contributed by atoms with Crippen LogP contribution in [0.4, 0.5) is 0 Å². The van der Waals surface area contributed by atoms with Crippen LogP contribution in [-0.2, 0) is 6.42 Å². The summed E-state index contributed by atoms with van der Waals surface area (Å²) in [7, 11) is 0. The van der Waals surface area contributed by atoms with Crippen molar-refractivity contribution >= 4 is 10.8 Å². The van der Waals surface area contributed by atoms with Gasteiger partial charge in [-0.1, -0.05) is 60.7 Å². The third-order valence-electron chi connectivity index (χ3n) is 3.29. The van der Waals surface area contributed by atoms with Crippen molar-refractivity contribution in [2.75, 3.05) is 0 Å². The molecule has 0 unspecified atom stereocenters. The van der Waals surface area contributed by atoms with E-state index in [1.54, 1.807) is 0 Å². The molecule has 92 valence electrons. The van der Waals surface area contributed by atoms with E-state index in [-0.39, 0.29) is 0 Å². The molecule has 1 heteroatoms. The monoisotopic (exact) mass is 245 g/mol. The SMILES string of the molecule is C=CCc1cnc(-c2ccccc2)c2ccccc12. The zero-order valence-corrected chi connectivity index (χ0v) is 10.7. The van der Waals surface area contributed by atoms with Crippen LogP contribution < -0.4 is 0 Å². The predicted molar refractivity (Wildman–Crippen MR) is 81.1 cm³/mol. The summed E-state index contributed by atoms with van der Waals surface area (Å²) >= 11 is 0. The van der Waals surface area contributed by atoms with Crippen molar-refractivity contribution in [2.45, 2.75) is 6.42 Å². The molecule has 0 amide bonds. The second-order valence-electron chi connectivity index (χ2n) is 4.54. The van der Waals surface area contributed by atoms with Crippen molar-refractivity contribution in [3.8, 4) is 11.3 Å². The van der Waals surface area contributed by atoms with E-state index in [0.29, 0.717) is 0 Å². The lowest BCUT2D eigenvalue weighted by molar-refractivity contribution is 1.23. The van der Waals surface area contributed by atoms with Crippen LogP contribution in [0, 0.1) is 0 Å². The van der Waals surface area contributed by atoms with Gasteiger partial charge in [0.05, 0.1) is 5.69 Å². The summed E-state index contributed by atoms with van der Waals surface area (Å²) in [6.45, 7) is 3.82. The molecule has 3 aromatic rings. The molecule has 0 spiro atoms. The fourth-order valence-electron chi connectivity index (χ4n) is 2.40. The smallest absolute Gasteiger partial charge is 0.0780 e. The first-order valence-electron chi connectivity index (χ1n) is 6.43. The number of pyridine rings is 1. The molecule has 0 aliphatic heterocycles. The Morgan fingerprint density at radius 1 is 0.895 bits per heavy atom. The van der Waals surface area contributed by atoms with E-state index in [1.165, 1.54) is 16.3 Å². The quantitative estimate of drug-likeness (QED) is 0.613. The maximum Gasteiger partial charge on any atom is 0.0780 e. The number of benzene rings is 2. The van der Waals surface area contributed by atoms with Crippen LogP contribution in [0.2, 0.25) is 0 Å². The molecule has 2 aromatic carbocycles. The minimum absolute atomic E-state index is 0.850. The van der Waals surface area contributed by atoms with Gasteiger partial charge in [-0.25, -0.2) is 0 Å². The standard InChI is InChI=1S/C18H15N/c1-2-8-15-13-19-18(14-9-4-3-5-10-14)17-12-7-6-11-16(15)17/h2-7,9-13H,1,8H2. The van der Waals surface area contributed by atoms with Crippen LogP contribution in [0.5, 0.6) is 0 Å². The number of allylic oxidation sites excluding steroid dienone is 1. The highest BCUT2D eigenvalue weighted by molar-refractivity contribution is 5.96. The molecular formula is C18H15N. The lowest BCUT2D eigenvalue weighted by Crippen LogP contribution is -1.91. The molecule has 0 radical (unpaired) electrons. The molecule has 0 atom stereocenters. The molecule has 0 aliphatic carbocycles. The van der Waals surface area contributed by atoms with E-state index in [9.17, 15) is 0 Å². The van der Waals surface area contributed by atoms with Gasteiger partial charge in [-0.05, 0) is 17.4 Å². The first-order valence-corrected chi connectivity index (χ1v) is 6.43. The zero-order valence-electron chi connectivity index (χ0n) is 10.7. The van der Waals surface area contributed by atoms with Gasteiger partial charge in [-0.2, -0.15) is 0 Å². The lowest BCUT2D eigenvalue weighted by Gasteiger charge is -2.09. The molecule has 0 saturated carbocycles. The third-order valence-corrected chi connectivity index (χ3v) is 3.29. The van der Waals surface area contributed by atoms with Crippen LogP contribution in [-0.4, -0.2) is 4.98 Å². The second-order valence-corrected chi connectivity index (χ2v) is 4.54. The largest absolute Gasteiger partial charge is 0.255 e. The van der Waals surface area contributed by atoms with Gasteiger partial charge in [0.25, 0.3) is 0 Å². The van der Waals surface area contributed by atoms with Crippen LogP contribution in [0.15, 0.2) is 73.4 Å². The van der Waals surface area contributed by atoms with Crippen molar-refractivity contribution in [2.24, 2.45) is 0 Å².